The highest BCUT2D eigenvalue weighted by molar-refractivity contribution is 6.05. The molecule has 0 radical (unpaired) electrons. The molecule has 1 fully saturated rings. The van der Waals surface area contributed by atoms with Crippen LogP contribution in [0, 0.1) is 0 Å². The van der Waals surface area contributed by atoms with Crippen molar-refractivity contribution >= 4 is 29.2 Å². The summed E-state index contributed by atoms with van der Waals surface area (Å²) in [6.07, 6.45) is 0.403. The number of anilines is 2. The fourth-order valence-corrected chi connectivity index (χ4v) is 3.42. The molecule has 3 aromatic carbocycles. The van der Waals surface area contributed by atoms with Crippen molar-refractivity contribution in [3.63, 3.8) is 0 Å². The largest absolute Gasteiger partial charge is 0.399 e. The lowest BCUT2D eigenvalue weighted by molar-refractivity contribution is -0.127. The molecular weight excluding hydrogens is 392 g/mol. The molecule has 0 spiro atoms. The van der Waals surface area contributed by atoms with E-state index in [1.165, 1.54) is 4.90 Å². The summed E-state index contributed by atoms with van der Waals surface area (Å²) in [5.41, 5.74) is 9.22. The molecule has 1 heterocycles. The first-order chi connectivity index (χ1) is 15.0. The number of urea groups is 1. The maximum atomic E-state index is 12.7. The number of hydrogen-bond acceptors (Lipinski definition) is 4. The number of nitrogens with one attached hydrogen (secondary N) is 2. The second kappa shape index (κ2) is 8.71. The van der Waals surface area contributed by atoms with Gasteiger partial charge in [-0.25, -0.2) is 4.79 Å². The molecule has 4 amide bonds. The highest BCUT2D eigenvalue weighted by atomic mass is 16.2. The Hall–Kier alpha value is -4.13. The van der Waals surface area contributed by atoms with Gasteiger partial charge in [-0.3, -0.25) is 14.5 Å². The van der Waals surface area contributed by atoms with Crippen LogP contribution in [0.1, 0.15) is 21.5 Å². The van der Waals surface area contributed by atoms with Crippen molar-refractivity contribution in [2.75, 3.05) is 11.1 Å². The lowest BCUT2D eigenvalue weighted by Gasteiger charge is -2.14. The first kappa shape index (κ1) is 20.2. The number of nitrogen functional groups attached to an aromatic ring is 1. The number of nitrogens with two attached hydrogens (primary N) is 1. The van der Waals surface area contributed by atoms with Gasteiger partial charge in [0.15, 0.2) is 0 Å². The van der Waals surface area contributed by atoms with Gasteiger partial charge in [-0.05, 0) is 47.5 Å². The number of para-hydroxylation sites is 1. The van der Waals surface area contributed by atoms with Gasteiger partial charge in [0.2, 0.25) is 0 Å². The predicted molar refractivity (Wildman–Crippen MR) is 118 cm³/mol. The van der Waals surface area contributed by atoms with Gasteiger partial charge in [-0.1, -0.05) is 42.5 Å². The Kier molecular flexibility index (Phi) is 5.66. The van der Waals surface area contributed by atoms with Gasteiger partial charge < -0.3 is 16.4 Å². The summed E-state index contributed by atoms with van der Waals surface area (Å²) in [6.45, 7) is 0.142. The van der Waals surface area contributed by atoms with E-state index in [-0.39, 0.29) is 18.4 Å². The lowest BCUT2D eigenvalue weighted by atomic mass is 10.1. The Bertz CT molecular complexity index is 1100. The van der Waals surface area contributed by atoms with E-state index in [9.17, 15) is 14.4 Å². The third-order valence-corrected chi connectivity index (χ3v) is 5.11. The van der Waals surface area contributed by atoms with Crippen molar-refractivity contribution in [1.82, 2.24) is 10.2 Å². The molecule has 0 bridgehead atoms. The minimum Gasteiger partial charge on any atom is -0.399 e. The fraction of sp³-hybridized carbons (Fsp3) is 0.125. The minimum atomic E-state index is -0.605. The zero-order valence-corrected chi connectivity index (χ0v) is 16.7. The molecule has 3 aromatic rings. The number of imide groups is 1. The van der Waals surface area contributed by atoms with Gasteiger partial charge in [-0.2, -0.15) is 0 Å². The van der Waals surface area contributed by atoms with Crippen LogP contribution in [0.25, 0.3) is 0 Å². The van der Waals surface area contributed by atoms with Crippen LogP contribution in [0.5, 0.6) is 0 Å². The molecule has 1 aliphatic heterocycles. The molecule has 0 aromatic heterocycles. The molecule has 0 aliphatic carbocycles. The van der Waals surface area contributed by atoms with Gasteiger partial charge in [0.05, 0.1) is 6.54 Å². The maximum Gasteiger partial charge on any atom is 0.325 e. The van der Waals surface area contributed by atoms with Crippen LogP contribution in [0.3, 0.4) is 0 Å². The van der Waals surface area contributed by atoms with E-state index in [1.807, 2.05) is 42.5 Å². The number of rotatable bonds is 6. The van der Waals surface area contributed by atoms with Crippen LogP contribution in [0.2, 0.25) is 0 Å². The van der Waals surface area contributed by atoms with E-state index in [0.717, 1.165) is 11.1 Å². The lowest BCUT2D eigenvalue weighted by Crippen LogP contribution is -2.32. The molecular formula is C24H22N4O3. The van der Waals surface area contributed by atoms with E-state index in [2.05, 4.69) is 10.6 Å². The standard InChI is InChI=1S/C24H22N4O3/c25-19-12-8-16(9-13-19)14-21-23(30)28(24(31)27-21)15-17-6-10-18(11-7-17)22(29)26-20-4-2-1-3-5-20/h1-13,21H,14-15,25H2,(H,26,29)(H,27,31). The molecule has 7 heteroatoms. The van der Waals surface area contributed by atoms with Gasteiger partial charge in [-0.15, -0.1) is 0 Å². The summed E-state index contributed by atoms with van der Waals surface area (Å²) in [7, 11) is 0. The summed E-state index contributed by atoms with van der Waals surface area (Å²) < 4.78 is 0. The van der Waals surface area contributed by atoms with Gasteiger partial charge in [0.1, 0.15) is 6.04 Å². The van der Waals surface area contributed by atoms with E-state index >= 15 is 0 Å². The van der Waals surface area contributed by atoms with E-state index in [1.54, 1.807) is 36.4 Å². The highest BCUT2D eigenvalue weighted by Crippen LogP contribution is 2.17. The van der Waals surface area contributed by atoms with Crippen molar-refractivity contribution in [3.05, 3.63) is 95.6 Å². The SMILES string of the molecule is Nc1ccc(CC2NC(=O)N(Cc3ccc(C(=O)Nc4ccccc4)cc3)C2=O)cc1. The normalized spacial score (nSPS) is 15.6. The quantitative estimate of drug-likeness (QED) is 0.426. The van der Waals surface area contributed by atoms with Crippen molar-refractivity contribution in [2.24, 2.45) is 0 Å². The van der Waals surface area contributed by atoms with Crippen LogP contribution >= 0.6 is 0 Å². The minimum absolute atomic E-state index is 0.142. The molecule has 0 saturated carbocycles. The number of hydrogen-bond donors (Lipinski definition) is 3. The summed E-state index contributed by atoms with van der Waals surface area (Å²) in [5.74, 6) is -0.496. The number of benzene rings is 3. The van der Waals surface area contributed by atoms with E-state index in [0.29, 0.717) is 23.4 Å². The van der Waals surface area contributed by atoms with Crippen LogP contribution in [-0.4, -0.2) is 28.8 Å². The molecule has 1 saturated heterocycles. The second-order valence-electron chi connectivity index (χ2n) is 7.39. The third kappa shape index (κ3) is 4.72. The third-order valence-electron chi connectivity index (χ3n) is 5.11. The predicted octanol–water partition coefficient (Wildman–Crippen LogP) is 3.18. The van der Waals surface area contributed by atoms with Crippen molar-refractivity contribution in [1.29, 1.82) is 0 Å². The summed E-state index contributed by atoms with van der Waals surface area (Å²) in [6, 6.07) is 22.2. The van der Waals surface area contributed by atoms with Crippen molar-refractivity contribution in [2.45, 2.75) is 19.0 Å². The summed E-state index contributed by atoms with van der Waals surface area (Å²) >= 11 is 0. The number of nitrogens with zero attached hydrogens (tertiary/aromatic N) is 1. The molecule has 1 unspecified atom stereocenters. The Morgan fingerprint density at radius 1 is 0.903 bits per heavy atom. The topological polar surface area (TPSA) is 105 Å². The summed E-state index contributed by atoms with van der Waals surface area (Å²) in [4.78, 5) is 38.6. The van der Waals surface area contributed by atoms with Gasteiger partial charge in [0.25, 0.3) is 11.8 Å². The smallest absolute Gasteiger partial charge is 0.325 e. The van der Waals surface area contributed by atoms with Gasteiger partial charge >= 0.3 is 6.03 Å². The Morgan fingerprint density at radius 3 is 2.23 bits per heavy atom. The first-order valence-corrected chi connectivity index (χ1v) is 9.91. The fourth-order valence-electron chi connectivity index (χ4n) is 3.42. The zero-order valence-electron chi connectivity index (χ0n) is 16.7. The first-order valence-electron chi connectivity index (χ1n) is 9.91. The molecule has 156 valence electrons. The van der Waals surface area contributed by atoms with Crippen LogP contribution in [-0.2, 0) is 17.8 Å². The average molecular weight is 414 g/mol. The van der Waals surface area contributed by atoms with E-state index in [4.69, 9.17) is 5.73 Å². The molecule has 31 heavy (non-hydrogen) atoms. The molecule has 1 atom stereocenters. The molecule has 7 nitrogen and oxygen atoms in total. The van der Waals surface area contributed by atoms with Gasteiger partial charge in [0, 0.05) is 23.4 Å². The Morgan fingerprint density at radius 2 is 1.55 bits per heavy atom. The molecule has 4 rings (SSSR count). The van der Waals surface area contributed by atoms with Crippen molar-refractivity contribution in [3.8, 4) is 0 Å². The van der Waals surface area contributed by atoms with E-state index < -0.39 is 12.1 Å². The molecule has 4 N–H and O–H groups in total. The number of amides is 4. The molecule has 1 aliphatic rings. The highest BCUT2D eigenvalue weighted by Gasteiger charge is 2.37. The second-order valence-corrected chi connectivity index (χ2v) is 7.39. The van der Waals surface area contributed by atoms with Crippen LogP contribution in [0.4, 0.5) is 16.2 Å². The zero-order chi connectivity index (χ0) is 21.8. The van der Waals surface area contributed by atoms with Crippen LogP contribution in [0.15, 0.2) is 78.9 Å². The Labute approximate surface area is 179 Å². The van der Waals surface area contributed by atoms with Crippen molar-refractivity contribution < 1.29 is 14.4 Å². The maximum absolute atomic E-state index is 12.7. The van der Waals surface area contributed by atoms with Crippen LogP contribution < -0.4 is 16.4 Å². The monoisotopic (exact) mass is 414 g/mol. The number of carbonyl (C=O) groups excluding carboxylic acids is 3. The number of carbonyl (C=O) groups is 3. The summed E-state index contributed by atoms with van der Waals surface area (Å²) in [5, 5.41) is 5.56. The average Bonchev–Trinajstić information content (AvgIpc) is 3.04. The Balaban J connectivity index is 1.38.